The number of phenols is 1. The van der Waals surface area contributed by atoms with Crippen molar-refractivity contribution < 1.29 is 18.3 Å². The summed E-state index contributed by atoms with van der Waals surface area (Å²) in [6, 6.07) is 5.24. The summed E-state index contributed by atoms with van der Waals surface area (Å²) in [4.78, 5) is 15.4. The highest BCUT2D eigenvalue weighted by atomic mass is 32.2. The number of carbonyl (C=O) groups excluding carboxylic acids is 1. The van der Waals surface area contributed by atoms with Crippen molar-refractivity contribution in [1.82, 2.24) is 15.0 Å². The van der Waals surface area contributed by atoms with Gasteiger partial charge in [0.1, 0.15) is 10.6 Å². The highest BCUT2D eigenvalue weighted by Crippen LogP contribution is 2.26. The van der Waals surface area contributed by atoms with Gasteiger partial charge in [0.05, 0.1) is 5.69 Å². The Morgan fingerprint density at radius 1 is 1.24 bits per heavy atom. The van der Waals surface area contributed by atoms with Gasteiger partial charge in [0.2, 0.25) is 0 Å². The summed E-state index contributed by atoms with van der Waals surface area (Å²) in [5.41, 5.74) is 1.48. The predicted octanol–water partition coefficient (Wildman–Crippen LogP) is 2.24. The summed E-state index contributed by atoms with van der Waals surface area (Å²) in [5.74, 6) is 0.139. The maximum Gasteiger partial charge on any atom is 0.328 e. The first kappa shape index (κ1) is 18.5. The lowest BCUT2D eigenvalue weighted by molar-refractivity contribution is 0.243. The smallest absolute Gasteiger partial charge is 0.328 e. The molecule has 0 fully saturated rings. The van der Waals surface area contributed by atoms with Crippen LogP contribution in [-0.2, 0) is 10.0 Å². The van der Waals surface area contributed by atoms with Gasteiger partial charge in [0, 0.05) is 24.1 Å². The number of nitrogens with one attached hydrogen (secondary N) is 3. The van der Waals surface area contributed by atoms with Crippen molar-refractivity contribution >= 4 is 27.4 Å². The second-order valence-corrected chi connectivity index (χ2v) is 7.38. The van der Waals surface area contributed by atoms with Crippen LogP contribution in [0.3, 0.4) is 0 Å². The van der Waals surface area contributed by atoms with Crippen LogP contribution in [-0.4, -0.2) is 30.6 Å². The van der Waals surface area contributed by atoms with Gasteiger partial charge in [0.25, 0.3) is 10.0 Å². The van der Waals surface area contributed by atoms with Crippen LogP contribution < -0.4 is 15.4 Å². The van der Waals surface area contributed by atoms with Gasteiger partial charge in [-0.2, -0.15) is 0 Å². The van der Waals surface area contributed by atoms with Gasteiger partial charge in [0.15, 0.2) is 0 Å². The van der Waals surface area contributed by atoms with Crippen LogP contribution in [0.1, 0.15) is 19.4 Å². The van der Waals surface area contributed by atoms with Crippen LogP contribution in [0.25, 0.3) is 0 Å². The van der Waals surface area contributed by atoms with Crippen LogP contribution in [0.15, 0.2) is 41.6 Å². The number of benzene rings is 1. The standard InChI is InChI=1S/C16H20N4O4S/c1-10(2)18-16(22)20-25(23,24)15-9-17-7-6-13(15)19-12-4-5-14(21)11(3)8-12/h4-10,21H,1-3H3,(H,17,19)(H2,18,20,22). The molecule has 2 amide bonds. The monoisotopic (exact) mass is 364 g/mol. The molecule has 1 heterocycles. The number of rotatable bonds is 5. The van der Waals surface area contributed by atoms with Crippen molar-refractivity contribution in [3.63, 3.8) is 0 Å². The van der Waals surface area contributed by atoms with Crippen molar-refractivity contribution in [2.24, 2.45) is 0 Å². The van der Waals surface area contributed by atoms with Crippen molar-refractivity contribution in [2.45, 2.75) is 31.7 Å². The van der Waals surface area contributed by atoms with Crippen molar-refractivity contribution in [3.05, 3.63) is 42.2 Å². The third-order valence-corrected chi connectivity index (χ3v) is 4.56. The molecule has 9 heteroatoms. The van der Waals surface area contributed by atoms with E-state index in [1.54, 1.807) is 32.9 Å². The maximum atomic E-state index is 12.5. The molecule has 0 radical (unpaired) electrons. The maximum absolute atomic E-state index is 12.5. The van der Waals surface area contributed by atoms with Gasteiger partial charge >= 0.3 is 6.03 Å². The van der Waals surface area contributed by atoms with Crippen LogP contribution >= 0.6 is 0 Å². The molecule has 0 atom stereocenters. The number of amides is 2. The lowest BCUT2D eigenvalue weighted by Gasteiger charge is -2.14. The summed E-state index contributed by atoms with van der Waals surface area (Å²) in [6.07, 6.45) is 2.59. The van der Waals surface area contributed by atoms with Crippen LogP contribution in [0.4, 0.5) is 16.2 Å². The van der Waals surface area contributed by atoms with E-state index in [4.69, 9.17) is 0 Å². The van der Waals surface area contributed by atoms with Crippen LogP contribution in [0.5, 0.6) is 5.75 Å². The zero-order valence-corrected chi connectivity index (χ0v) is 14.9. The van der Waals surface area contributed by atoms with Gasteiger partial charge < -0.3 is 15.7 Å². The zero-order valence-electron chi connectivity index (χ0n) is 14.1. The number of pyridine rings is 1. The van der Waals surface area contributed by atoms with Crippen molar-refractivity contribution in [1.29, 1.82) is 0 Å². The summed E-state index contributed by atoms with van der Waals surface area (Å²) in [5, 5.41) is 15.0. The molecular formula is C16H20N4O4S. The summed E-state index contributed by atoms with van der Waals surface area (Å²) >= 11 is 0. The van der Waals surface area contributed by atoms with Gasteiger partial charge in [-0.1, -0.05) is 0 Å². The van der Waals surface area contributed by atoms with Crippen molar-refractivity contribution in [2.75, 3.05) is 5.32 Å². The number of nitrogens with zero attached hydrogens (tertiary/aromatic N) is 1. The number of phenolic OH excluding ortho intramolecular Hbond substituents is 1. The first-order valence-electron chi connectivity index (χ1n) is 7.53. The lowest BCUT2D eigenvalue weighted by Crippen LogP contribution is -2.42. The average Bonchev–Trinajstić information content (AvgIpc) is 2.50. The summed E-state index contributed by atoms with van der Waals surface area (Å²) in [7, 11) is -4.11. The SMILES string of the molecule is Cc1cc(Nc2ccncc2S(=O)(=O)NC(=O)NC(C)C)ccc1O. The van der Waals surface area contributed by atoms with Gasteiger partial charge in [-0.25, -0.2) is 17.9 Å². The third kappa shape index (κ3) is 4.83. The minimum atomic E-state index is -4.11. The molecule has 2 rings (SSSR count). The van der Waals surface area contributed by atoms with E-state index in [9.17, 15) is 18.3 Å². The third-order valence-electron chi connectivity index (χ3n) is 3.20. The molecule has 4 N–H and O–H groups in total. The van der Waals surface area contributed by atoms with Gasteiger partial charge in [-0.05, 0) is 50.6 Å². The normalized spacial score (nSPS) is 11.2. The molecular weight excluding hydrogens is 344 g/mol. The Labute approximate surface area is 146 Å². The highest BCUT2D eigenvalue weighted by Gasteiger charge is 2.22. The molecule has 134 valence electrons. The Morgan fingerprint density at radius 3 is 2.60 bits per heavy atom. The second-order valence-electron chi connectivity index (χ2n) is 5.73. The molecule has 8 nitrogen and oxygen atoms in total. The Balaban J connectivity index is 2.30. The lowest BCUT2D eigenvalue weighted by atomic mass is 10.2. The number of sulfonamides is 1. The summed E-state index contributed by atoms with van der Waals surface area (Å²) < 4.78 is 26.9. The molecule has 0 aliphatic rings. The van der Waals surface area contributed by atoms with E-state index in [0.29, 0.717) is 11.3 Å². The van der Waals surface area contributed by atoms with Gasteiger partial charge in [-0.3, -0.25) is 4.98 Å². The number of hydrogen-bond acceptors (Lipinski definition) is 6. The molecule has 0 aliphatic heterocycles. The minimum absolute atomic E-state index is 0.139. The fourth-order valence-electron chi connectivity index (χ4n) is 2.05. The van der Waals surface area contributed by atoms with Crippen LogP contribution in [0.2, 0.25) is 0 Å². The van der Waals surface area contributed by atoms with E-state index in [-0.39, 0.29) is 22.4 Å². The molecule has 0 spiro atoms. The Morgan fingerprint density at radius 2 is 1.96 bits per heavy atom. The van der Waals surface area contributed by atoms with E-state index >= 15 is 0 Å². The highest BCUT2D eigenvalue weighted by molar-refractivity contribution is 7.90. The van der Waals surface area contributed by atoms with Crippen molar-refractivity contribution in [3.8, 4) is 5.75 Å². The fraction of sp³-hybridized carbons (Fsp3) is 0.250. The second kappa shape index (κ2) is 7.39. The van der Waals surface area contributed by atoms with Crippen LogP contribution in [0, 0.1) is 6.92 Å². The molecule has 1 aromatic carbocycles. The van der Waals surface area contributed by atoms with E-state index in [0.717, 1.165) is 6.20 Å². The largest absolute Gasteiger partial charge is 0.508 e. The Bertz CT molecular complexity index is 881. The van der Waals surface area contributed by atoms with E-state index in [1.807, 2.05) is 4.72 Å². The predicted molar refractivity (Wildman–Crippen MR) is 94.4 cm³/mol. The van der Waals surface area contributed by atoms with Gasteiger partial charge in [-0.15, -0.1) is 0 Å². The molecule has 0 unspecified atom stereocenters. The zero-order chi connectivity index (χ0) is 18.6. The molecule has 1 aromatic heterocycles. The number of aryl methyl sites for hydroxylation is 1. The first-order chi connectivity index (χ1) is 11.7. The summed E-state index contributed by atoms with van der Waals surface area (Å²) in [6.45, 7) is 5.16. The molecule has 25 heavy (non-hydrogen) atoms. The molecule has 0 saturated carbocycles. The molecule has 2 aromatic rings. The Hall–Kier alpha value is -2.81. The topological polar surface area (TPSA) is 120 Å². The Kier molecular flexibility index (Phi) is 5.48. The first-order valence-corrected chi connectivity index (χ1v) is 9.01. The minimum Gasteiger partial charge on any atom is -0.508 e. The number of aromatic hydroxyl groups is 1. The number of urea groups is 1. The average molecular weight is 364 g/mol. The number of carbonyl (C=O) groups is 1. The number of aromatic nitrogens is 1. The fourth-order valence-corrected chi connectivity index (χ4v) is 3.08. The molecule has 0 aliphatic carbocycles. The molecule has 0 saturated heterocycles. The van der Waals surface area contributed by atoms with E-state index in [2.05, 4.69) is 15.6 Å². The van der Waals surface area contributed by atoms with E-state index in [1.165, 1.54) is 18.3 Å². The quantitative estimate of drug-likeness (QED) is 0.604. The number of hydrogen-bond donors (Lipinski definition) is 4. The van der Waals surface area contributed by atoms with E-state index < -0.39 is 16.1 Å². The number of anilines is 2. The molecule has 0 bridgehead atoms.